The summed E-state index contributed by atoms with van der Waals surface area (Å²) in [5, 5.41) is 0. The van der Waals surface area contributed by atoms with Crippen LogP contribution >= 0.6 is 0 Å². The van der Waals surface area contributed by atoms with Gasteiger partial charge in [0.05, 0.1) is 0 Å². The summed E-state index contributed by atoms with van der Waals surface area (Å²) in [7, 11) is 5.75. The van der Waals surface area contributed by atoms with Crippen molar-refractivity contribution in [2.24, 2.45) is 5.92 Å². The molecule has 0 saturated carbocycles. The topological polar surface area (TPSA) is 3.24 Å². The molecular weight excluding hydrogens is 98.1 g/mol. The van der Waals surface area contributed by atoms with Crippen LogP contribution in [0.3, 0.4) is 0 Å². The Balaban J connectivity index is 2.93. The van der Waals surface area contributed by atoms with Gasteiger partial charge in [0.2, 0.25) is 0 Å². The highest BCUT2D eigenvalue weighted by molar-refractivity contribution is 4.50. The van der Waals surface area contributed by atoms with Gasteiger partial charge in [-0.05, 0) is 25.9 Å². The van der Waals surface area contributed by atoms with Crippen LogP contribution in [0.25, 0.3) is 0 Å². The highest BCUT2D eigenvalue weighted by atomic mass is 15.0. The second-order valence-corrected chi connectivity index (χ2v) is 2.76. The van der Waals surface area contributed by atoms with E-state index in [0.717, 1.165) is 12.5 Å². The summed E-state index contributed by atoms with van der Waals surface area (Å²) < 4.78 is 0. The lowest BCUT2D eigenvalue weighted by atomic mass is 10.1. The Kier molecular flexibility index (Phi) is 3.88. The van der Waals surface area contributed by atoms with Gasteiger partial charge in [-0.15, -0.1) is 0 Å². The van der Waals surface area contributed by atoms with Crippen LogP contribution in [-0.2, 0) is 0 Å². The third-order valence-electron chi connectivity index (χ3n) is 1.09. The number of hydrogen-bond acceptors (Lipinski definition) is 1. The SMILES string of the molecule is [CH2]N(C)CCC(C)C. The van der Waals surface area contributed by atoms with E-state index < -0.39 is 0 Å². The summed E-state index contributed by atoms with van der Waals surface area (Å²) in [5.74, 6) is 0.805. The minimum Gasteiger partial charge on any atom is -0.305 e. The zero-order valence-electron chi connectivity index (χ0n) is 6.15. The fourth-order valence-corrected chi connectivity index (χ4v) is 0.479. The second kappa shape index (κ2) is 3.90. The normalized spacial score (nSPS) is 11.2. The first-order valence-corrected chi connectivity index (χ1v) is 3.14. The van der Waals surface area contributed by atoms with Gasteiger partial charge < -0.3 is 4.90 Å². The van der Waals surface area contributed by atoms with E-state index in [4.69, 9.17) is 0 Å². The standard InChI is InChI=1S/C7H16N/c1-7(2)5-6-8(3)4/h7H,3,5-6H2,1-2,4H3. The Hall–Kier alpha value is -0.0400. The van der Waals surface area contributed by atoms with Gasteiger partial charge in [0.15, 0.2) is 0 Å². The van der Waals surface area contributed by atoms with Gasteiger partial charge in [-0.3, -0.25) is 0 Å². The number of nitrogens with zero attached hydrogens (tertiary/aromatic N) is 1. The predicted octanol–water partition coefficient (Wildman–Crippen LogP) is 1.76. The van der Waals surface area contributed by atoms with Crippen LogP contribution in [-0.4, -0.2) is 18.5 Å². The monoisotopic (exact) mass is 114 g/mol. The van der Waals surface area contributed by atoms with Crippen molar-refractivity contribution in [2.75, 3.05) is 13.6 Å². The maximum atomic E-state index is 3.74. The first kappa shape index (κ1) is 7.96. The zero-order chi connectivity index (χ0) is 6.57. The Bertz CT molecular complexity index is 40.3. The van der Waals surface area contributed by atoms with Crippen molar-refractivity contribution in [3.8, 4) is 0 Å². The van der Waals surface area contributed by atoms with E-state index in [1.54, 1.807) is 0 Å². The quantitative estimate of drug-likeness (QED) is 0.540. The Morgan fingerprint density at radius 3 is 2.12 bits per heavy atom. The predicted molar refractivity (Wildman–Crippen MR) is 37.4 cm³/mol. The third kappa shape index (κ3) is 5.96. The molecule has 0 spiro atoms. The smallest absolute Gasteiger partial charge is 0.0106 e. The van der Waals surface area contributed by atoms with Crippen LogP contribution in [0.2, 0.25) is 0 Å². The summed E-state index contributed by atoms with van der Waals surface area (Å²) in [6.07, 6.45) is 1.25. The highest BCUT2D eigenvalue weighted by Gasteiger charge is 1.93. The lowest BCUT2D eigenvalue weighted by Crippen LogP contribution is -2.11. The van der Waals surface area contributed by atoms with E-state index in [-0.39, 0.29) is 0 Å². The average Bonchev–Trinajstić information content (AvgIpc) is 1.61. The lowest BCUT2D eigenvalue weighted by Gasteiger charge is -2.09. The van der Waals surface area contributed by atoms with E-state index >= 15 is 0 Å². The minimum absolute atomic E-state index is 0.805. The zero-order valence-corrected chi connectivity index (χ0v) is 6.15. The molecule has 0 aliphatic heterocycles. The molecule has 0 amide bonds. The Morgan fingerprint density at radius 2 is 2.00 bits per heavy atom. The second-order valence-electron chi connectivity index (χ2n) is 2.76. The van der Waals surface area contributed by atoms with Crippen molar-refractivity contribution in [1.82, 2.24) is 4.90 Å². The molecule has 1 heteroatoms. The summed E-state index contributed by atoms with van der Waals surface area (Å²) in [4.78, 5) is 1.97. The molecule has 0 bridgehead atoms. The van der Waals surface area contributed by atoms with Crippen molar-refractivity contribution in [1.29, 1.82) is 0 Å². The molecule has 0 rings (SSSR count). The minimum atomic E-state index is 0.805. The largest absolute Gasteiger partial charge is 0.305 e. The van der Waals surface area contributed by atoms with E-state index in [2.05, 4.69) is 20.9 Å². The summed E-state index contributed by atoms with van der Waals surface area (Å²) in [6, 6.07) is 0. The first-order valence-electron chi connectivity index (χ1n) is 3.14. The van der Waals surface area contributed by atoms with E-state index in [1.165, 1.54) is 6.42 Å². The molecule has 8 heavy (non-hydrogen) atoms. The molecule has 0 unspecified atom stereocenters. The van der Waals surface area contributed by atoms with Crippen LogP contribution in [0.4, 0.5) is 0 Å². The molecule has 0 aromatic rings. The van der Waals surface area contributed by atoms with E-state index in [9.17, 15) is 0 Å². The molecule has 0 saturated heterocycles. The van der Waals surface area contributed by atoms with Gasteiger partial charge in [0.1, 0.15) is 0 Å². The summed E-state index contributed by atoms with van der Waals surface area (Å²) in [5.41, 5.74) is 0. The molecular formula is C7H16N. The van der Waals surface area contributed by atoms with Gasteiger partial charge in [-0.25, -0.2) is 0 Å². The molecule has 49 valence electrons. The van der Waals surface area contributed by atoms with Crippen molar-refractivity contribution < 1.29 is 0 Å². The van der Waals surface area contributed by atoms with Crippen LogP contribution in [0, 0.1) is 13.0 Å². The molecule has 0 aliphatic carbocycles. The summed E-state index contributed by atoms with van der Waals surface area (Å²) >= 11 is 0. The molecule has 0 heterocycles. The van der Waals surface area contributed by atoms with Crippen LogP contribution in [0.1, 0.15) is 20.3 Å². The maximum absolute atomic E-state index is 3.74. The van der Waals surface area contributed by atoms with Crippen molar-refractivity contribution in [2.45, 2.75) is 20.3 Å². The molecule has 0 fully saturated rings. The summed E-state index contributed by atoms with van der Waals surface area (Å²) in [6.45, 7) is 5.56. The Morgan fingerprint density at radius 1 is 1.50 bits per heavy atom. The molecule has 1 radical (unpaired) electrons. The van der Waals surface area contributed by atoms with Crippen LogP contribution < -0.4 is 0 Å². The number of rotatable bonds is 3. The fourth-order valence-electron chi connectivity index (χ4n) is 0.479. The molecule has 0 aliphatic rings. The molecule has 0 atom stereocenters. The first-order chi connectivity index (χ1) is 3.63. The Labute approximate surface area is 52.7 Å². The van der Waals surface area contributed by atoms with Crippen molar-refractivity contribution in [3.63, 3.8) is 0 Å². The highest BCUT2D eigenvalue weighted by Crippen LogP contribution is 1.98. The van der Waals surface area contributed by atoms with Gasteiger partial charge in [-0.2, -0.15) is 0 Å². The molecule has 0 aromatic carbocycles. The molecule has 1 nitrogen and oxygen atoms in total. The van der Waals surface area contributed by atoms with Gasteiger partial charge in [0, 0.05) is 7.05 Å². The maximum Gasteiger partial charge on any atom is 0.0106 e. The van der Waals surface area contributed by atoms with Crippen molar-refractivity contribution >= 4 is 0 Å². The van der Waals surface area contributed by atoms with Gasteiger partial charge in [0.25, 0.3) is 0 Å². The van der Waals surface area contributed by atoms with Crippen molar-refractivity contribution in [3.05, 3.63) is 7.05 Å². The third-order valence-corrected chi connectivity index (χ3v) is 1.09. The van der Waals surface area contributed by atoms with E-state index in [1.807, 2.05) is 11.9 Å². The van der Waals surface area contributed by atoms with Crippen LogP contribution in [0.5, 0.6) is 0 Å². The van der Waals surface area contributed by atoms with Gasteiger partial charge >= 0.3 is 0 Å². The van der Waals surface area contributed by atoms with E-state index in [0.29, 0.717) is 0 Å². The number of hydrogen-bond donors (Lipinski definition) is 0. The molecule has 0 aromatic heterocycles. The van der Waals surface area contributed by atoms with Gasteiger partial charge in [-0.1, -0.05) is 13.8 Å². The fraction of sp³-hybridized carbons (Fsp3) is 0.857. The average molecular weight is 114 g/mol. The lowest BCUT2D eigenvalue weighted by molar-refractivity contribution is 0.400. The molecule has 0 N–H and O–H groups in total. The van der Waals surface area contributed by atoms with Crippen LogP contribution in [0.15, 0.2) is 0 Å².